The molecule has 1 aliphatic heterocycles. The molecule has 2 atom stereocenters. The fraction of sp³-hybridized carbons (Fsp3) is 0.375. The molecule has 1 aliphatic rings. The van der Waals surface area contributed by atoms with Gasteiger partial charge in [-0.05, 0) is 13.0 Å². The van der Waals surface area contributed by atoms with Gasteiger partial charge < -0.3 is 14.6 Å². The number of ether oxygens (including phenoxy) is 1. The molecule has 1 saturated heterocycles. The smallest absolute Gasteiger partial charge is 0.272 e. The van der Waals surface area contributed by atoms with Crippen molar-refractivity contribution >= 4 is 11.6 Å². The number of aromatic nitrogens is 4. The molecule has 0 saturated carbocycles. The Hall–Kier alpha value is -2.74. The van der Waals surface area contributed by atoms with Crippen LogP contribution in [-0.2, 0) is 11.2 Å². The molecule has 0 unspecified atom stereocenters. The molecule has 3 aromatic rings. The SMILES string of the molecule is Cc1cc(C[C@@H]2COC[C@@H]2NC(=O)c2cc3ncccn3n2)on1. The second-order valence-electron chi connectivity index (χ2n) is 5.97. The van der Waals surface area contributed by atoms with Gasteiger partial charge in [0.2, 0.25) is 0 Å². The van der Waals surface area contributed by atoms with Crippen molar-refractivity contribution in [3.05, 3.63) is 47.7 Å². The number of hydrogen-bond donors (Lipinski definition) is 1. The van der Waals surface area contributed by atoms with Crippen molar-refractivity contribution in [2.45, 2.75) is 19.4 Å². The lowest BCUT2D eigenvalue weighted by atomic mass is 9.98. The van der Waals surface area contributed by atoms with Crippen LogP contribution in [0, 0.1) is 12.8 Å². The van der Waals surface area contributed by atoms with Gasteiger partial charge in [-0.3, -0.25) is 4.79 Å². The molecule has 0 bridgehead atoms. The predicted octanol–water partition coefficient (Wildman–Crippen LogP) is 1.01. The van der Waals surface area contributed by atoms with Gasteiger partial charge in [-0.15, -0.1) is 0 Å². The number of rotatable bonds is 4. The van der Waals surface area contributed by atoms with E-state index >= 15 is 0 Å². The fourth-order valence-corrected chi connectivity index (χ4v) is 2.91. The van der Waals surface area contributed by atoms with Gasteiger partial charge in [-0.2, -0.15) is 5.10 Å². The van der Waals surface area contributed by atoms with Crippen molar-refractivity contribution in [1.29, 1.82) is 0 Å². The van der Waals surface area contributed by atoms with E-state index in [1.165, 1.54) is 0 Å². The predicted molar refractivity (Wildman–Crippen MR) is 83.5 cm³/mol. The third kappa shape index (κ3) is 2.88. The van der Waals surface area contributed by atoms with Crippen molar-refractivity contribution in [2.24, 2.45) is 5.92 Å². The number of aryl methyl sites for hydroxylation is 1. The topological polar surface area (TPSA) is 94.5 Å². The van der Waals surface area contributed by atoms with Gasteiger partial charge in [0, 0.05) is 36.9 Å². The normalized spacial score (nSPS) is 20.5. The molecule has 8 heteroatoms. The Kier molecular flexibility index (Phi) is 3.73. The Bertz CT molecular complexity index is 838. The largest absolute Gasteiger partial charge is 0.379 e. The Morgan fingerprint density at radius 3 is 3.12 bits per heavy atom. The van der Waals surface area contributed by atoms with Gasteiger partial charge in [-0.25, -0.2) is 9.50 Å². The summed E-state index contributed by atoms with van der Waals surface area (Å²) in [7, 11) is 0. The lowest BCUT2D eigenvalue weighted by Crippen LogP contribution is -2.40. The van der Waals surface area contributed by atoms with Crippen LogP contribution in [0.5, 0.6) is 0 Å². The average Bonchev–Trinajstić information content (AvgIpc) is 3.28. The molecule has 0 aliphatic carbocycles. The summed E-state index contributed by atoms with van der Waals surface area (Å²) in [6, 6.07) is 5.26. The fourth-order valence-electron chi connectivity index (χ4n) is 2.91. The molecule has 1 amide bonds. The molecule has 124 valence electrons. The summed E-state index contributed by atoms with van der Waals surface area (Å²) in [5, 5.41) is 11.1. The average molecular weight is 327 g/mol. The van der Waals surface area contributed by atoms with Crippen LogP contribution in [0.1, 0.15) is 21.9 Å². The number of carbonyl (C=O) groups is 1. The molecule has 4 heterocycles. The lowest BCUT2D eigenvalue weighted by Gasteiger charge is -2.17. The summed E-state index contributed by atoms with van der Waals surface area (Å²) in [6.45, 7) is 2.95. The summed E-state index contributed by atoms with van der Waals surface area (Å²) in [4.78, 5) is 16.6. The number of carbonyl (C=O) groups excluding carboxylic acids is 1. The highest BCUT2D eigenvalue weighted by molar-refractivity contribution is 5.93. The lowest BCUT2D eigenvalue weighted by molar-refractivity contribution is 0.0919. The molecule has 0 aromatic carbocycles. The first-order valence-corrected chi connectivity index (χ1v) is 7.80. The molecule has 24 heavy (non-hydrogen) atoms. The zero-order valence-electron chi connectivity index (χ0n) is 13.2. The van der Waals surface area contributed by atoms with Gasteiger partial charge in [0.05, 0.1) is 24.9 Å². The number of hydrogen-bond acceptors (Lipinski definition) is 6. The molecule has 1 N–H and O–H groups in total. The van der Waals surface area contributed by atoms with Crippen LogP contribution in [0.2, 0.25) is 0 Å². The van der Waals surface area contributed by atoms with Gasteiger partial charge >= 0.3 is 0 Å². The number of nitrogens with zero attached hydrogens (tertiary/aromatic N) is 4. The minimum absolute atomic E-state index is 0.0827. The Labute approximate surface area is 137 Å². The van der Waals surface area contributed by atoms with Gasteiger partial charge in [0.1, 0.15) is 5.76 Å². The van der Waals surface area contributed by atoms with Crippen molar-refractivity contribution in [3.63, 3.8) is 0 Å². The third-order valence-electron chi connectivity index (χ3n) is 4.12. The molecule has 0 radical (unpaired) electrons. The van der Waals surface area contributed by atoms with Crippen LogP contribution < -0.4 is 5.32 Å². The maximum atomic E-state index is 12.5. The number of amides is 1. The minimum Gasteiger partial charge on any atom is -0.379 e. The van der Waals surface area contributed by atoms with Crippen LogP contribution in [0.15, 0.2) is 35.1 Å². The highest BCUT2D eigenvalue weighted by atomic mass is 16.5. The van der Waals surface area contributed by atoms with E-state index in [0.29, 0.717) is 31.0 Å². The van der Waals surface area contributed by atoms with E-state index in [0.717, 1.165) is 11.5 Å². The van der Waals surface area contributed by atoms with E-state index in [-0.39, 0.29) is 17.9 Å². The summed E-state index contributed by atoms with van der Waals surface area (Å²) < 4.78 is 12.4. The number of nitrogens with one attached hydrogen (secondary N) is 1. The highest BCUT2D eigenvalue weighted by Crippen LogP contribution is 2.20. The summed E-state index contributed by atoms with van der Waals surface area (Å²) in [5.41, 5.74) is 1.83. The maximum absolute atomic E-state index is 12.5. The molecular weight excluding hydrogens is 310 g/mol. The van der Waals surface area contributed by atoms with Crippen LogP contribution in [0.25, 0.3) is 5.65 Å². The van der Waals surface area contributed by atoms with Crippen LogP contribution in [0.4, 0.5) is 0 Å². The van der Waals surface area contributed by atoms with E-state index < -0.39 is 0 Å². The Balaban J connectivity index is 1.45. The molecule has 1 fully saturated rings. The zero-order valence-corrected chi connectivity index (χ0v) is 13.2. The first-order chi connectivity index (χ1) is 11.7. The second-order valence-corrected chi connectivity index (χ2v) is 5.97. The van der Waals surface area contributed by atoms with Gasteiger partial charge in [0.25, 0.3) is 5.91 Å². The molecular formula is C16H17N5O3. The summed E-state index contributed by atoms with van der Waals surface area (Å²) in [5.74, 6) is 0.727. The van der Waals surface area contributed by atoms with Crippen molar-refractivity contribution in [1.82, 2.24) is 25.1 Å². The van der Waals surface area contributed by atoms with E-state index in [1.54, 1.807) is 29.0 Å². The minimum atomic E-state index is -0.227. The number of fused-ring (bicyclic) bond motifs is 1. The van der Waals surface area contributed by atoms with Gasteiger partial charge in [0.15, 0.2) is 11.3 Å². The highest BCUT2D eigenvalue weighted by Gasteiger charge is 2.31. The molecule has 0 spiro atoms. The molecule has 4 rings (SSSR count). The van der Waals surface area contributed by atoms with E-state index in [9.17, 15) is 4.79 Å². The van der Waals surface area contributed by atoms with Crippen molar-refractivity contribution in [2.75, 3.05) is 13.2 Å². The zero-order chi connectivity index (χ0) is 16.5. The van der Waals surface area contributed by atoms with E-state index in [2.05, 4.69) is 20.6 Å². The van der Waals surface area contributed by atoms with Crippen LogP contribution in [0.3, 0.4) is 0 Å². The second kappa shape index (κ2) is 6.04. The quantitative estimate of drug-likeness (QED) is 0.768. The first-order valence-electron chi connectivity index (χ1n) is 7.80. The summed E-state index contributed by atoms with van der Waals surface area (Å²) >= 11 is 0. The van der Waals surface area contributed by atoms with Crippen molar-refractivity contribution < 1.29 is 14.1 Å². The standard InChI is InChI=1S/C16H17N5O3/c1-10-5-12(24-20-10)6-11-8-23-9-14(11)18-16(22)13-7-15-17-3-2-4-21(15)19-13/h2-5,7,11,14H,6,8-9H2,1H3,(H,18,22)/t11-,14+/m1/s1. The maximum Gasteiger partial charge on any atom is 0.272 e. The van der Waals surface area contributed by atoms with E-state index in [1.807, 2.05) is 13.0 Å². The van der Waals surface area contributed by atoms with Gasteiger partial charge in [-0.1, -0.05) is 5.16 Å². The Morgan fingerprint density at radius 2 is 2.33 bits per heavy atom. The molecule has 8 nitrogen and oxygen atoms in total. The van der Waals surface area contributed by atoms with Crippen LogP contribution >= 0.6 is 0 Å². The monoisotopic (exact) mass is 327 g/mol. The van der Waals surface area contributed by atoms with Crippen molar-refractivity contribution in [3.8, 4) is 0 Å². The third-order valence-corrected chi connectivity index (χ3v) is 4.12. The first kappa shape index (κ1) is 14.8. The Morgan fingerprint density at radius 1 is 1.42 bits per heavy atom. The van der Waals surface area contributed by atoms with Crippen LogP contribution in [-0.4, -0.2) is 44.9 Å². The van der Waals surface area contributed by atoms with E-state index in [4.69, 9.17) is 9.26 Å². The summed E-state index contributed by atoms with van der Waals surface area (Å²) in [6.07, 6.45) is 4.10. The molecule has 3 aromatic heterocycles.